The maximum atomic E-state index is 6.17. The van der Waals surface area contributed by atoms with E-state index in [-0.39, 0.29) is 0 Å². The van der Waals surface area contributed by atoms with Crippen LogP contribution in [0.4, 0.5) is 17.1 Å². The van der Waals surface area contributed by atoms with Crippen molar-refractivity contribution in [3.8, 4) is 27.9 Å². The highest BCUT2D eigenvalue weighted by molar-refractivity contribution is 6.18. The molecule has 4 heteroatoms. The summed E-state index contributed by atoms with van der Waals surface area (Å²) in [6.45, 7) is 0. The fraction of sp³-hybridized carbons (Fsp3) is 0. The highest BCUT2D eigenvalue weighted by Gasteiger charge is 2.18. The van der Waals surface area contributed by atoms with Crippen molar-refractivity contribution in [2.75, 3.05) is 4.90 Å². The van der Waals surface area contributed by atoms with Crippen LogP contribution in [0.3, 0.4) is 0 Å². The molecule has 0 aliphatic carbocycles. The van der Waals surface area contributed by atoms with Crippen LogP contribution in [0.1, 0.15) is 0 Å². The standard InChI is InChI=1S/C51H33N3O/c1-2-11-34(12-3-1)37-14-10-15-41(31-37)53(38-24-21-36(22-25-38)46-32-52-33-49-50(46)45-18-7-9-20-48(45)55-49)39-26-28-40(29-27-39)54-47-19-8-6-17-43(47)44-30-23-35-13-4-5-16-42(35)51(44)54/h1-33H. The van der Waals surface area contributed by atoms with Crippen molar-refractivity contribution in [2.24, 2.45) is 0 Å². The van der Waals surface area contributed by atoms with Gasteiger partial charge in [0, 0.05) is 61.4 Å². The van der Waals surface area contributed by atoms with Crippen molar-refractivity contribution < 1.29 is 4.42 Å². The van der Waals surface area contributed by atoms with Crippen molar-refractivity contribution >= 4 is 71.6 Å². The molecule has 3 heterocycles. The molecule has 0 N–H and O–H groups in total. The van der Waals surface area contributed by atoms with Crippen molar-refractivity contribution in [3.63, 3.8) is 0 Å². The zero-order valence-corrected chi connectivity index (χ0v) is 29.8. The third-order valence-corrected chi connectivity index (χ3v) is 10.9. The Morgan fingerprint density at radius 3 is 1.96 bits per heavy atom. The van der Waals surface area contributed by atoms with Crippen LogP contribution in [0.2, 0.25) is 0 Å². The lowest BCUT2D eigenvalue weighted by molar-refractivity contribution is 0.667. The quantitative estimate of drug-likeness (QED) is 0.173. The van der Waals surface area contributed by atoms with Gasteiger partial charge in [-0.1, -0.05) is 127 Å². The van der Waals surface area contributed by atoms with Crippen LogP contribution in [-0.4, -0.2) is 9.55 Å². The number of furan rings is 1. The first kappa shape index (κ1) is 31.1. The summed E-state index contributed by atoms with van der Waals surface area (Å²) in [4.78, 5) is 6.89. The van der Waals surface area contributed by atoms with Gasteiger partial charge in [0.25, 0.3) is 0 Å². The predicted octanol–water partition coefficient (Wildman–Crippen LogP) is 14.0. The molecule has 0 atom stereocenters. The summed E-state index contributed by atoms with van der Waals surface area (Å²) in [6, 6.07) is 67.2. The lowest BCUT2D eigenvalue weighted by atomic mass is 10.0. The Labute approximate surface area is 317 Å². The first-order valence-corrected chi connectivity index (χ1v) is 18.6. The lowest BCUT2D eigenvalue weighted by Gasteiger charge is -2.26. The summed E-state index contributed by atoms with van der Waals surface area (Å²) in [5.74, 6) is 0. The molecule has 0 aliphatic heterocycles. The van der Waals surface area contributed by atoms with Crippen LogP contribution >= 0.6 is 0 Å². The van der Waals surface area contributed by atoms with Crippen LogP contribution in [0.25, 0.3) is 82.5 Å². The summed E-state index contributed by atoms with van der Waals surface area (Å²) in [7, 11) is 0. The summed E-state index contributed by atoms with van der Waals surface area (Å²) < 4.78 is 8.59. The minimum Gasteiger partial charge on any atom is -0.454 e. The van der Waals surface area contributed by atoms with Gasteiger partial charge >= 0.3 is 0 Å². The Morgan fingerprint density at radius 1 is 0.436 bits per heavy atom. The van der Waals surface area contributed by atoms with E-state index in [9.17, 15) is 0 Å². The van der Waals surface area contributed by atoms with E-state index in [0.29, 0.717) is 0 Å². The number of hydrogen-bond donors (Lipinski definition) is 0. The van der Waals surface area contributed by atoms with Gasteiger partial charge in [-0.15, -0.1) is 0 Å². The van der Waals surface area contributed by atoms with E-state index in [4.69, 9.17) is 4.42 Å². The number of benzene rings is 8. The SMILES string of the molecule is c1ccc(-c2cccc(N(c3ccc(-c4cncc5oc6ccccc6c45)cc3)c3ccc(-n4c5ccccc5c5ccc6ccccc6c54)cc3)c2)cc1. The van der Waals surface area contributed by atoms with E-state index in [2.05, 4.69) is 190 Å². The smallest absolute Gasteiger partial charge is 0.154 e. The average Bonchev–Trinajstić information content (AvgIpc) is 3.81. The van der Waals surface area contributed by atoms with E-state index >= 15 is 0 Å². The van der Waals surface area contributed by atoms with Crippen molar-refractivity contribution in [1.29, 1.82) is 0 Å². The molecule has 0 amide bonds. The Bertz CT molecular complexity index is 3190. The van der Waals surface area contributed by atoms with Gasteiger partial charge in [-0.25, -0.2) is 0 Å². The molecule has 0 bridgehead atoms. The van der Waals surface area contributed by atoms with Crippen LogP contribution in [0.5, 0.6) is 0 Å². The number of nitrogens with zero attached hydrogens (tertiary/aromatic N) is 3. The van der Waals surface area contributed by atoms with Crippen molar-refractivity contribution in [3.05, 3.63) is 200 Å². The number of pyridine rings is 1. The normalized spacial score (nSPS) is 11.6. The molecule has 0 aliphatic rings. The second kappa shape index (κ2) is 12.6. The molecular formula is C51H33N3O. The van der Waals surface area contributed by atoms with Crippen molar-refractivity contribution in [1.82, 2.24) is 9.55 Å². The number of para-hydroxylation sites is 2. The molecule has 0 fully saturated rings. The Morgan fingerprint density at radius 2 is 1.13 bits per heavy atom. The predicted molar refractivity (Wildman–Crippen MR) is 229 cm³/mol. The first-order chi connectivity index (χ1) is 27.3. The maximum absolute atomic E-state index is 6.17. The first-order valence-electron chi connectivity index (χ1n) is 18.6. The summed E-state index contributed by atoms with van der Waals surface area (Å²) >= 11 is 0. The number of anilines is 3. The molecule has 0 saturated carbocycles. The molecule has 0 saturated heterocycles. The van der Waals surface area contributed by atoms with E-state index in [0.717, 1.165) is 61.4 Å². The van der Waals surface area contributed by atoms with Crippen molar-refractivity contribution in [2.45, 2.75) is 0 Å². The van der Waals surface area contributed by atoms with Crippen LogP contribution < -0.4 is 4.90 Å². The molecule has 11 rings (SSSR count). The fourth-order valence-electron chi connectivity index (χ4n) is 8.34. The van der Waals surface area contributed by atoms with Crippen LogP contribution in [0, 0.1) is 0 Å². The van der Waals surface area contributed by atoms with E-state index < -0.39 is 0 Å². The molecule has 0 spiro atoms. The zero-order valence-electron chi connectivity index (χ0n) is 29.8. The Kier molecular flexibility index (Phi) is 7.14. The lowest BCUT2D eigenvalue weighted by Crippen LogP contribution is -2.10. The number of fused-ring (bicyclic) bond motifs is 8. The molecule has 55 heavy (non-hydrogen) atoms. The highest BCUT2D eigenvalue weighted by atomic mass is 16.3. The zero-order chi connectivity index (χ0) is 36.3. The molecule has 4 nitrogen and oxygen atoms in total. The molecule has 258 valence electrons. The third-order valence-electron chi connectivity index (χ3n) is 10.9. The number of hydrogen-bond acceptors (Lipinski definition) is 3. The second-order valence-electron chi connectivity index (χ2n) is 14.0. The fourth-order valence-corrected chi connectivity index (χ4v) is 8.34. The van der Waals surface area contributed by atoms with E-state index in [1.54, 1.807) is 6.20 Å². The molecule has 0 radical (unpaired) electrons. The topological polar surface area (TPSA) is 34.2 Å². The minimum atomic E-state index is 0.790. The number of aromatic nitrogens is 2. The minimum absolute atomic E-state index is 0.790. The Balaban J connectivity index is 1.06. The van der Waals surface area contributed by atoms with Gasteiger partial charge in [-0.3, -0.25) is 4.98 Å². The van der Waals surface area contributed by atoms with Crippen LogP contribution in [-0.2, 0) is 0 Å². The third kappa shape index (κ3) is 5.11. The Hall–Kier alpha value is -7.43. The monoisotopic (exact) mass is 703 g/mol. The van der Waals surface area contributed by atoms with Gasteiger partial charge in [0.2, 0.25) is 0 Å². The van der Waals surface area contributed by atoms with Crippen LogP contribution in [0.15, 0.2) is 205 Å². The van der Waals surface area contributed by atoms with Gasteiger partial charge in [0.05, 0.1) is 17.2 Å². The summed E-state index contributed by atoms with van der Waals surface area (Å²) in [5.41, 5.74) is 12.9. The molecule has 0 unspecified atom stereocenters. The molecule has 3 aromatic heterocycles. The van der Waals surface area contributed by atoms with Gasteiger partial charge in [0.15, 0.2) is 5.58 Å². The van der Waals surface area contributed by atoms with E-state index in [1.165, 1.54) is 38.1 Å². The largest absolute Gasteiger partial charge is 0.454 e. The van der Waals surface area contributed by atoms with E-state index in [1.807, 2.05) is 18.3 Å². The van der Waals surface area contributed by atoms with Gasteiger partial charge in [-0.05, 0) is 82.7 Å². The number of rotatable bonds is 6. The molecule has 11 aromatic rings. The second-order valence-corrected chi connectivity index (χ2v) is 14.0. The van der Waals surface area contributed by atoms with Gasteiger partial charge in [0.1, 0.15) is 5.58 Å². The highest BCUT2D eigenvalue weighted by Crippen LogP contribution is 2.41. The molecular weight excluding hydrogens is 671 g/mol. The average molecular weight is 704 g/mol. The molecule has 8 aromatic carbocycles. The maximum Gasteiger partial charge on any atom is 0.154 e. The van der Waals surface area contributed by atoms with Gasteiger partial charge < -0.3 is 13.9 Å². The van der Waals surface area contributed by atoms with Gasteiger partial charge in [-0.2, -0.15) is 0 Å². The summed E-state index contributed by atoms with van der Waals surface area (Å²) in [6.07, 6.45) is 3.75. The summed E-state index contributed by atoms with van der Waals surface area (Å²) in [5, 5.41) is 7.16.